The summed E-state index contributed by atoms with van der Waals surface area (Å²) in [6.07, 6.45) is 9.55. The molecule has 12 heavy (non-hydrogen) atoms. The van der Waals surface area contributed by atoms with E-state index < -0.39 is 0 Å². The van der Waals surface area contributed by atoms with Crippen LogP contribution in [0.5, 0.6) is 0 Å². The highest BCUT2D eigenvalue weighted by atomic mass is 15.1. The molecule has 0 atom stereocenters. The standard InChI is InChI=1S/C11H23N/c1-4-7-10-12(9-6-3)11-8-5-2/h6,9H,4-5,7-8,10-11H2,1-3H3/b9-6-. The SMILES string of the molecule is C/C=C\N(CCCC)CCCC. The Balaban J connectivity index is 3.54. The minimum atomic E-state index is 1.22. The highest BCUT2D eigenvalue weighted by molar-refractivity contribution is 4.78. The Morgan fingerprint density at radius 1 is 1.00 bits per heavy atom. The molecule has 0 aliphatic carbocycles. The van der Waals surface area contributed by atoms with Crippen molar-refractivity contribution in [2.45, 2.75) is 46.5 Å². The molecule has 0 amide bonds. The number of hydrogen-bond acceptors (Lipinski definition) is 1. The monoisotopic (exact) mass is 169 g/mol. The second kappa shape index (κ2) is 8.63. The van der Waals surface area contributed by atoms with Gasteiger partial charge in [-0.2, -0.15) is 0 Å². The van der Waals surface area contributed by atoms with Crippen molar-refractivity contribution in [3.05, 3.63) is 12.3 Å². The Labute approximate surface area is 77.5 Å². The third kappa shape index (κ3) is 6.26. The first kappa shape index (κ1) is 11.5. The molecule has 0 radical (unpaired) electrons. The van der Waals surface area contributed by atoms with Gasteiger partial charge in [0, 0.05) is 13.1 Å². The minimum Gasteiger partial charge on any atom is -0.378 e. The third-order valence-corrected chi connectivity index (χ3v) is 1.96. The van der Waals surface area contributed by atoms with Gasteiger partial charge in [0.15, 0.2) is 0 Å². The topological polar surface area (TPSA) is 3.24 Å². The van der Waals surface area contributed by atoms with Crippen LogP contribution in [0.15, 0.2) is 12.3 Å². The van der Waals surface area contributed by atoms with Crippen LogP contribution in [-0.4, -0.2) is 18.0 Å². The fraction of sp³-hybridized carbons (Fsp3) is 0.818. The van der Waals surface area contributed by atoms with Crippen LogP contribution < -0.4 is 0 Å². The number of nitrogens with zero attached hydrogens (tertiary/aromatic N) is 1. The number of allylic oxidation sites excluding steroid dienone is 1. The summed E-state index contributed by atoms with van der Waals surface area (Å²) in [4.78, 5) is 2.42. The summed E-state index contributed by atoms with van der Waals surface area (Å²) in [5.41, 5.74) is 0. The van der Waals surface area contributed by atoms with Crippen molar-refractivity contribution in [3.8, 4) is 0 Å². The van der Waals surface area contributed by atoms with Gasteiger partial charge >= 0.3 is 0 Å². The molecule has 72 valence electrons. The average Bonchev–Trinajstić information content (AvgIpc) is 2.10. The number of hydrogen-bond donors (Lipinski definition) is 0. The normalized spacial score (nSPS) is 10.9. The predicted octanol–water partition coefficient (Wildman–Crippen LogP) is 3.42. The minimum absolute atomic E-state index is 1.22. The van der Waals surface area contributed by atoms with E-state index in [1.807, 2.05) is 0 Å². The molecule has 0 aromatic heterocycles. The highest BCUT2D eigenvalue weighted by Crippen LogP contribution is 1.99. The van der Waals surface area contributed by atoms with Gasteiger partial charge in [0.2, 0.25) is 0 Å². The van der Waals surface area contributed by atoms with Crippen molar-refractivity contribution in [2.75, 3.05) is 13.1 Å². The summed E-state index contributed by atoms with van der Waals surface area (Å²) in [6.45, 7) is 9.02. The van der Waals surface area contributed by atoms with Gasteiger partial charge in [-0.25, -0.2) is 0 Å². The zero-order valence-corrected chi connectivity index (χ0v) is 8.84. The largest absolute Gasteiger partial charge is 0.378 e. The van der Waals surface area contributed by atoms with E-state index in [1.54, 1.807) is 0 Å². The van der Waals surface area contributed by atoms with Gasteiger partial charge in [0.05, 0.1) is 0 Å². The average molecular weight is 169 g/mol. The lowest BCUT2D eigenvalue weighted by Gasteiger charge is -2.19. The molecular formula is C11H23N. The van der Waals surface area contributed by atoms with Crippen molar-refractivity contribution < 1.29 is 0 Å². The Bertz CT molecular complexity index is 99.6. The fourth-order valence-electron chi connectivity index (χ4n) is 1.19. The number of rotatable bonds is 7. The maximum absolute atomic E-state index is 2.42. The molecular weight excluding hydrogens is 146 g/mol. The molecule has 0 saturated heterocycles. The lowest BCUT2D eigenvalue weighted by molar-refractivity contribution is 0.359. The van der Waals surface area contributed by atoms with Crippen LogP contribution in [0.1, 0.15) is 46.5 Å². The fourth-order valence-corrected chi connectivity index (χ4v) is 1.19. The van der Waals surface area contributed by atoms with Gasteiger partial charge < -0.3 is 4.90 Å². The zero-order valence-electron chi connectivity index (χ0n) is 8.84. The van der Waals surface area contributed by atoms with Crippen LogP contribution in [0.2, 0.25) is 0 Å². The molecule has 0 aliphatic rings. The molecule has 0 fully saturated rings. The Kier molecular flexibility index (Phi) is 8.30. The smallest absolute Gasteiger partial charge is 0.0172 e. The predicted molar refractivity (Wildman–Crippen MR) is 56.2 cm³/mol. The van der Waals surface area contributed by atoms with E-state index in [4.69, 9.17) is 0 Å². The van der Waals surface area contributed by atoms with Crippen LogP contribution in [0.25, 0.3) is 0 Å². The molecule has 0 bridgehead atoms. The van der Waals surface area contributed by atoms with Gasteiger partial charge in [-0.1, -0.05) is 32.8 Å². The van der Waals surface area contributed by atoms with Crippen LogP contribution in [0.3, 0.4) is 0 Å². The second-order valence-corrected chi connectivity index (χ2v) is 3.23. The van der Waals surface area contributed by atoms with Gasteiger partial charge in [0.25, 0.3) is 0 Å². The molecule has 0 saturated carbocycles. The quantitative estimate of drug-likeness (QED) is 0.564. The van der Waals surface area contributed by atoms with E-state index in [1.165, 1.54) is 38.8 Å². The molecule has 0 aromatic rings. The summed E-state index contributed by atoms with van der Waals surface area (Å²) in [5, 5.41) is 0. The summed E-state index contributed by atoms with van der Waals surface area (Å²) in [5.74, 6) is 0. The zero-order chi connectivity index (χ0) is 9.23. The van der Waals surface area contributed by atoms with Gasteiger partial charge in [-0.15, -0.1) is 0 Å². The van der Waals surface area contributed by atoms with E-state index in [-0.39, 0.29) is 0 Å². The molecule has 0 spiro atoms. The summed E-state index contributed by atoms with van der Waals surface area (Å²) in [6, 6.07) is 0. The summed E-state index contributed by atoms with van der Waals surface area (Å²) < 4.78 is 0. The van der Waals surface area contributed by atoms with Crippen molar-refractivity contribution >= 4 is 0 Å². The van der Waals surface area contributed by atoms with Crippen molar-refractivity contribution in [1.82, 2.24) is 4.90 Å². The van der Waals surface area contributed by atoms with E-state index in [2.05, 4.69) is 37.9 Å². The van der Waals surface area contributed by atoms with Gasteiger partial charge in [-0.05, 0) is 26.0 Å². The van der Waals surface area contributed by atoms with Gasteiger partial charge in [0.1, 0.15) is 0 Å². The van der Waals surface area contributed by atoms with Crippen LogP contribution in [-0.2, 0) is 0 Å². The van der Waals surface area contributed by atoms with Crippen molar-refractivity contribution in [3.63, 3.8) is 0 Å². The molecule has 0 aromatic carbocycles. The third-order valence-electron chi connectivity index (χ3n) is 1.96. The Hall–Kier alpha value is -0.460. The molecule has 0 heterocycles. The first-order valence-electron chi connectivity index (χ1n) is 5.22. The van der Waals surface area contributed by atoms with Gasteiger partial charge in [-0.3, -0.25) is 0 Å². The van der Waals surface area contributed by atoms with Crippen LogP contribution >= 0.6 is 0 Å². The van der Waals surface area contributed by atoms with Crippen molar-refractivity contribution in [1.29, 1.82) is 0 Å². The summed E-state index contributed by atoms with van der Waals surface area (Å²) in [7, 11) is 0. The number of unbranched alkanes of at least 4 members (excludes halogenated alkanes) is 2. The Morgan fingerprint density at radius 3 is 1.83 bits per heavy atom. The first-order valence-corrected chi connectivity index (χ1v) is 5.22. The van der Waals surface area contributed by atoms with Crippen LogP contribution in [0.4, 0.5) is 0 Å². The molecule has 0 aliphatic heterocycles. The molecule has 0 N–H and O–H groups in total. The molecule has 1 nitrogen and oxygen atoms in total. The van der Waals surface area contributed by atoms with E-state index in [0.29, 0.717) is 0 Å². The van der Waals surface area contributed by atoms with Crippen molar-refractivity contribution in [2.24, 2.45) is 0 Å². The molecule has 1 heteroatoms. The van der Waals surface area contributed by atoms with Crippen LogP contribution in [0, 0.1) is 0 Å². The Morgan fingerprint density at radius 2 is 1.50 bits per heavy atom. The summed E-state index contributed by atoms with van der Waals surface area (Å²) >= 11 is 0. The van der Waals surface area contributed by atoms with E-state index >= 15 is 0 Å². The lowest BCUT2D eigenvalue weighted by atomic mass is 10.3. The first-order chi connectivity index (χ1) is 5.85. The maximum Gasteiger partial charge on any atom is 0.0172 e. The highest BCUT2D eigenvalue weighted by Gasteiger charge is 1.95. The lowest BCUT2D eigenvalue weighted by Crippen LogP contribution is -2.19. The van der Waals surface area contributed by atoms with E-state index in [9.17, 15) is 0 Å². The second-order valence-electron chi connectivity index (χ2n) is 3.23. The molecule has 0 rings (SSSR count). The maximum atomic E-state index is 2.42. The van der Waals surface area contributed by atoms with E-state index in [0.717, 1.165) is 0 Å². The molecule has 0 unspecified atom stereocenters.